The molecule has 1 saturated carbocycles. The number of aromatic nitrogens is 2. The quantitative estimate of drug-likeness (QED) is 0.571. The number of nitrogens with zero attached hydrogens (tertiary/aromatic N) is 2. The number of H-pyrrole nitrogens is 1. The van der Waals surface area contributed by atoms with Gasteiger partial charge in [-0.3, -0.25) is 9.69 Å². The molecule has 7 heteroatoms. The second-order valence-electron chi connectivity index (χ2n) is 8.88. The van der Waals surface area contributed by atoms with Gasteiger partial charge in [0.2, 0.25) is 0 Å². The Morgan fingerprint density at radius 3 is 2.97 bits per heavy atom. The molecule has 1 amide bonds. The van der Waals surface area contributed by atoms with Gasteiger partial charge in [0.1, 0.15) is 11.5 Å². The largest absolute Gasteiger partial charge is 0.384 e. The van der Waals surface area contributed by atoms with Crippen LogP contribution in [-0.2, 0) is 4.74 Å². The number of ether oxygens (including phenoxy) is 1. The number of morpholine rings is 1. The number of carbonyl (C=O) groups excluding carboxylic acids is 1. The molecule has 0 radical (unpaired) electrons. The maximum atomic E-state index is 12.5. The zero-order chi connectivity index (χ0) is 21.4. The Labute approximate surface area is 182 Å². The highest BCUT2D eigenvalue weighted by molar-refractivity contribution is 5.97. The van der Waals surface area contributed by atoms with Crippen molar-refractivity contribution in [3.8, 4) is 0 Å². The smallest absolute Gasteiger partial charge is 0.267 e. The zero-order valence-corrected chi connectivity index (χ0v) is 17.8. The van der Waals surface area contributed by atoms with Crippen LogP contribution in [0.25, 0.3) is 10.9 Å². The normalized spacial score (nSPS) is 26.1. The van der Waals surface area contributed by atoms with Gasteiger partial charge < -0.3 is 20.8 Å². The van der Waals surface area contributed by atoms with Gasteiger partial charge in [-0.1, -0.05) is 24.3 Å². The van der Waals surface area contributed by atoms with Crippen LogP contribution in [0.2, 0.25) is 0 Å². The predicted molar refractivity (Wildman–Crippen MR) is 121 cm³/mol. The number of nitrogens with two attached hydrogens (primary N) is 1. The molecule has 1 saturated heterocycles. The van der Waals surface area contributed by atoms with Crippen molar-refractivity contribution in [3.05, 3.63) is 59.9 Å². The molecule has 2 aliphatic rings. The Morgan fingerprint density at radius 1 is 1.29 bits per heavy atom. The molecule has 4 N–H and O–H groups in total. The van der Waals surface area contributed by atoms with E-state index in [1.54, 1.807) is 0 Å². The van der Waals surface area contributed by atoms with Crippen LogP contribution in [-0.4, -0.2) is 53.1 Å². The Hall–Kier alpha value is -2.90. The lowest BCUT2D eigenvalue weighted by Crippen LogP contribution is -2.46. The van der Waals surface area contributed by atoms with Crippen LogP contribution in [0.15, 0.2) is 48.7 Å². The van der Waals surface area contributed by atoms with Crippen LogP contribution in [0.3, 0.4) is 0 Å². The number of para-hydroxylation sites is 1. The highest BCUT2D eigenvalue weighted by atomic mass is 16.5. The zero-order valence-electron chi connectivity index (χ0n) is 17.8. The molecular weight excluding hydrogens is 390 g/mol. The van der Waals surface area contributed by atoms with Crippen LogP contribution in [0.5, 0.6) is 0 Å². The number of rotatable bonds is 6. The number of amides is 1. The summed E-state index contributed by atoms with van der Waals surface area (Å²) in [5, 5.41) is 4.17. The highest BCUT2D eigenvalue weighted by Gasteiger charge is 2.40. The Balaban J connectivity index is 1.12. The molecule has 162 valence electrons. The van der Waals surface area contributed by atoms with E-state index in [9.17, 15) is 4.79 Å². The van der Waals surface area contributed by atoms with Gasteiger partial charge in [0.05, 0.1) is 12.7 Å². The summed E-state index contributed by atoms with van der Waals surface area (Å²) in [5.41, 5.74) is 8.40. The molecule has 0 spiro atoms. The van der Waals surface area contributed by atoms with Crippen LogP contribution in [0.1, 0.15) is 35.5 Å². The lowest BCUT2D eigenvalue weighted by atomic mass is 10.1. The summed E-state index contributed by atoms with van der Waals surface area (Å²) in [5.74, 6) is 1.66. The standard InChI is InChI=1S/C24H29N5O2/c1-15-14-31-22(17-6-7-23(25)26-10-17)13-29(15)12-19-8-18(19)11-27-24(30)21-9-16-4-2-3-5-20(16)28-21/h2-7,9-10,15,18-19,22,28H,8,11-14H2,1H3,(H2,25,26)(H,27,30)/t15-,18?,19?,22+/m0/s1. The van der Waals surface area contributed by atoms with E-state index in [4.69, 9.17) is 10.5 Å². The fourth-order valence-corrected chi connectivity index (χ4v) is 4.47. The van der Waals surface area contributed by atoms with Crippen LogP contribution in [0, 0.1) is 11.8 Å². The molecule has 0 bridgehead atoms. The van der Waals surface area contributed by atoms with E-state index in [-0.39, 0.29) is 12.0 Å². The molecule has 3 heterocycles. The summed E-state index contributed by atoms with van der Waals surface area (Å²) in [6.45, 7) is 5.55. The maximum absolute atomic E-state index is 12.5. The molecule has 7 nitrogen and oxygen atoms in total. The van der Waals surface area contributed by atoms with Gasteiger partial charge in [-0.05, 0) is 43.4 Å². The van der Waals surface area contributed by atoms with Crippen molar-refractivity contribution in [2.45, 2.75) is 25.5 Å². The average Bonchev–Trinajstić information content (AvgIpc) is 3.37. The lowest BCUT2D eigenvalue weighted by molar-refractivity contribution is -0.0619. The summed E-state index contributed by atoms with van der Waals surface area (Å²) < 4.78 is 6.05. The maximum Gasteiger partial charge on any atom is 0.267 e. The van der Waals surface area contributed by atoms with Crippen LogP contribution < -0.4 is 11.1 Å². The van der Waals surface area contributed by atoms with E-state index in [1.807, 2.05) is 48.7 Å². The van der Waals surface area contributed by atoms with Crippen molar-refractivity contribution < 1.29 is 9.53 Å². The first-order valence-corrected chi connectivity index (χ1v) is 11.0. The lowest BCUT2D eigenvalue weighted by Gasteiger charge is -2.38. The number of aromatic amines is 1. The van der Waals surface area contributed by atoms with Gasteiger partial charge >= 0.3 is 0 Å². The number of pyridine rings is 1. The first kappa shape index (κ1) is 20.0. The minimum atomic E-state index is -0.0301. The summed E-state index contributed by atoms with van der Waals surface area (Å²) in [6.07, 6.45) is 3.00. The summed E-state index contributed by atoms with van der Waals surface area (Å²) >= 11 is 0. The molecule has 1 aromatic carbocycles. The second-order valence-corrected chi connectivity index (χ2v) is 8.88. The van der Waals surface area contributed by atoms with E-state index >= 15 is 0 Å². The number of nitrogen functional groups attached to an aromatic ring is 1. The van der Waals surface area contributed by atoms with Crippen molar-refractivity contribution in [3.63, 3.8) is 0 Å². The minimum Gasteiger partial charge on any atom is -0.384 e. The molecular formula is C24H29N5O2. The third kappa shape index (κ3) is 4.43. The van der Waals surface area contributed by atoms with E-state index in [0.717, 1.165) is 42.5 Å². The SMILES string of the molecule is C[C@H]1CO[C@@H](c2ccc(N)nc2)CN1CC1CC1CNC(=O)c1cc2ccccc2[nH]1. The molecule has 1 aliphatic heterocycles. The molecule has 2 aromatic heterocycles. The van der Waals surface area contributed by atoms with Crippen molar-refractivity contribution in [1.29, 1.82) is 0 Å². The molecule has 31 heavy (non-hydrogen) atoms. The van der Waals surface area contributed by atoms with Gasteiger partial charge in [0.25, 0.3) is 5.91 Å². The van der Waals surface area contributed by atoms with E-state index in [2.05, 4.69) is 27.1 Å². The molecule has 2 fully saturated rings. The second kappa shape index (κ2) is 8.32. The third-order valence-corrected chi connectivity index (χ3v) is 6.58. The van der Waals surface area contributed by atoms with Gasteiger partial charge in [0, 0.05) is 48.3 Å². The third-order valence-electron chi connectivity index (χ3n) is 6.58. The van der Waals surface area contributed by atoms with Gasteiger partial charge in [-0.25, -0.2) is 4.98 Å². The fourth-order valence-electron chi connectivity index (χ4n) is 4.47. The Morgan fingerprint density at radius 2 is 2.16 bits per heavy atom. The highest BCUT2D eigenvalue weighted by Crippen LogP contribution is 2.40. The van der Waals surface area contributed by atoms with E-state index in [0.29, 0.717) is 36.0 Å². The number of hydrogen-bond acceptors (Lipinski definition) is 5. The van der Waals surface area contributed by atoms with Crippen molar-refractivity contribution in [1.82, 2.24) is 20.2 Å². The van der Waals surface area contributed by atoms with E-state index in [1.165, 1.54) is 0 Å². The fraction of sp³-hybridized carbons (Fsp3) is 0.417. The van der Waals surface area contributed by atoms with E-state index < -0.39 is 0 Å². The molecule has 5 rings (SSSR count). The molecule has 4 atom stereocenters. The number of nitrogens with one attached hydrogen (secondary N) is 2. The predicted octanol–water partition coefficient (Wildman–Crippen LogP) is 2.97. The number of fused-ring (bicyclic) bond motifs is 1. The minimum absolute atomic E-state index is 0.0301. The topological polar surface area (TPSA) is 96.3 Å². The Kier molecular flexibility index (Phi) is 5.38. The van der Waals surface area contributed by atoms with Gasteiger partial charge in [0.15, 0.2) is 0 Å². The van der Waals surface area contributed by atoms with Crippen LogP contribution >= 0.6 is 0 Å². The number of carbonyl (C=O) groups is 1. The van der Waals surface area contributed by atoms with Crippen molar-refractivity contribution in [2.75, 3.05) is 32.0 Å². The summed E-state index contributed by atoms with van der Waals surface area (Å²) in [6, 6.07) is 14.1. The average molecular weight is 420 g/mol. The van der Waals surface area contributed by atoms with Crippen LogP contribution in [0.4, 0.5) is 5.82 Å². The van der Waals surface area contributed by atoms with Crippen molar-refractivity contribution in [2.24, 2.45) is 11.8 Å². The molecule has 1 aliphatic carbocycles. The monoisotopic (exact) mass is 419 g/mol. The number of anilines is 1. The van der Waals surface area contributed by atoms with Gasteiger partial charge in [-0.2, -0.15) is 0 Å². The first-order valence-electron chi connectivity index (χ1n) is 11.0. The summed E-state index contributed by atoms with van der Waals surface area (Å²) in [4.78, 5) is 22.4. The number of hydrogen-bond donors (Lipinski definition) is 3. The summed E-state index contributed by atoms with van der Waals surface area (Å²) in [7, 11) is 0. The molecule has 2 unspecified atom stereocenters. The number of benzene rings is 1. The van der Waals surface area contributed by atoms with Gasteiger partial charge in [-0.15, -0.1) is 0 Å². The Bertz CT molecular complexity index is 1030. The van der Waals surface area contributed by atoms with Crippen molar-refractivity contribution >= 4 is 22.6 Å². The first-order chi connectivity index (χ1) is 15.1. The molecule has 3 aromatic rings.